The van der Waals surface area contributed by atoms with Gasteiger partial charge in [-0.3, -0.25) is 28.8 Å². The minimum Gasteiger partial charge on any atom is -0.480 e. The zero-order valence-electron chi connectivity index (χ0n) is 22.5. The van der Waals surface area contributed by atoms with Gasteiger partial charge in [0.1, 0.15) is 30.2 Å². The second-order valence-electron chi connectivity index (χ2n) is 9.17. The number of rotatable bonds is 17. The summed E-state index contributed by atoms with van der Waals surface area (Å²) in [6, 6.07) is -6.04. The number of amides is 6. The zero-order chi connectivity index (χ0) is 30.4. The molecule has 0 saturated carbocycles. The molecular formula is C23H39N7O9S. The van der Waals surface area contributed by atoms with Crippen molar-refractivity contribution in [2.24, 2.45) is 11.5 Å². The summed E-state index contributed by atoms with van der Waals surface area (Å²) in [7, 11) is 0. The molecule has 1 rings (SSSR count). The maximum atomic E-state index is 13.0. The number of carboxylic acid groups (broad SMARTS) is 1. The number of aliphatic hydroxyl groups is 1. The van der Waals surface area contributed by atoms with Crippen molar-refractivity contribution in [3.63, 3.8) is 0 Å². The lowest BCUT2D eigenvalue weighted by molar-refractivity contribution is -0.143. The van der Waals surface area contributed by atoms with Crippen LogP contribution in [0, 0.1) is 0 Å². The normalized spacial score (nSPS) is 17.6. The minimum absolute atomic E-state index is 0.133. The number of aliphatic carboxylic acids is 1. The first kappa shape index (κ1) is 34.6. The fraction of sp³-hybridized carbons (Fsp3) is 0.696. The van der Waals surface area contributed by atoms with Crippen LogP contribution in [0.25, 0.3) is 0 Å². The van der Waals surface area contributed by atoms with Gasteiger partial charge in [0.15, 0.2) is 0 Å². The molecule has 226 valence electrons. The van der Waals surface area contributed by atoms with Gasteiger partial charge >= 0.3 is 5.97 Å². The second kappa shape index (κ2) is 17.3. The maximum Gasteiger partial charge on any atom is 0.328 e. The number of hydrogen-bond donors (Lipinski definition) is 8. The van der Waals surface area contributed by atoms with Crippen LogP contribution in [0.3, 0.4) is 0 Å². The third-order valence-electron chi connectivity index (χ3n) is 6.16. The Labute approximate surface area is 235 Å². The van der Waals surface area contributed by atoms with E-state index in [-0.39, 0.29) is 25.8 Å². The van der Waals surface area contributed by atoms with Crippen LogP contribution in [0.2, 0.25) is 0 Å². The number of nitrogens with zero attached hydrogens (tertiary/aromatic N) is 1. The summed E-state index contributed by atoms with van der Waals surface area (Å²) < 4.78 is 0. The topological polar surface area (TPSA) is 263 Å². The summed E-state index contributed by atoms with van der Waals surface area (Å²) in [5, 5.41) is 27.8. The van der Waals surface area contributed by atoms with Crippen LogP contribution in [-0.4, -0.2) is 118 Å². The third-order valence-corrected chi connectivity index (χ3v) is 6.80. The summed E-state index contributed by atoms with van der Waals surface area (Å²) in [5.74, 6) is -5.19. The van der Waals surface area contributed by atoms with E-state index in [0.717, 1.165) is 0 Å². The van der Waals surface area contributed by atoms with E-state index in [4.69, 9.17) is 16.6 Å². The zero-order valence-corrected chi connectivity index (χ0v) is 23.3. The van der Waals surface area contributed by atoms with E-state index in [1.165, 1.54) is 23.6 Å². The highest BCUT2D eigenvalue weighted by Crippen LogP contribution is 2.18. The van der Waals surface area contributed by atoms with Gasteiger partial charge in [-0.25, -0.2) is 4.79 Å². The Balaban J connectivity index is 2.92. The van der Waals surface area contributed by atoms with Crippen molar-refractivity contribution in [3.05, 3.63) is 0 Å². The molecule has 10 N–H and O–H groups in total. The molecule has 40 heavy (non-hydrogen) atoms. The van der Waals surface area contributed by atoms with Crippen molar-refractivity contribution in [2.45, 2.75) is 69.2 Å². The lowest BCUT2D eigenvalue weighted by atomic mass is 10.1. The Bertz CT molecular complexity index is 952. The molecule has 1 saturated heterocycles. The Morgan fingerprint density at radius 3 is 2.10 bits per heavy atom. The van der Waals surface area contributed by atoms with Gasteiger partial charge in [-0.2, -0.15) is 11.8 Å². The number of carbonyl (C=O) groups is 7. The number of aliphatic hydroxyl groups excluding tert-OH is 1. The molecule has 6 amide bonds. The van der Waals surface area contributed by atoms with E-state index in [1.807, 2.05) is 0 Å². The molecule has 0 unspecified atom stereocenters. The summed E-state index contributed by atoms with van der Waals surface area (Å²) in [6.07, 6.45) is 2.41. The summed E-state index contributed by atoms with van der Waals surface area (Å²) in [5.41, 5.74) is 10.6. The van der Waals surface area contributed by atoms with Crippen LogP contribution in [0.1, 0.15) is 39.0 Å². The summed E-state index contributed by atoms with van der Waals surface area (Å²) in [4.78, 5) is 87.2. The number of nitrogens with two attached hydrogens (primary N) is 2. The molecule has 0 aromatic carbocycles. The first-order valence-corrected chi connectivity index (χ1v) is 14.1. The molecule has 0 aromatic rings. The van der Waals surface area contributed by atoms with E-state index in [9.17, 15) is 38.7 Å². The number of carbonyl (C=O) groups excluding carboxylic acids is 6. The minimum atomic E-state index is -1.57. The highest BCUT2D eigenvalue weighted by Gasteiger charge is 2.36. The number of likely N-dealkylation sites (tertiary alicyclic amines) is 1. The Morgan fingerprint density at radius 2 is 1.55 bits per heavy atom. The fourth-order valence-electron chi connectivity index (χ4n) is 3.92. The Kier molecular flexibility index (Phi) is 15.0. The van der Waals surface area contributed by atoms with Crippen LogP contribution in [-0.2, 0) is 33.6 Å². The lowest BCUT2D eigenvalue weighted by Gasteiger charge is -2.27. The number of nitrogens with one attached hydrogen (secondary N) is 4. The molecule has 0 bridgehead atoms. The van der Waals surface area contributed by atoms with Crippen LogP contribution in [0.5, 0.6) is 0 Å². The van der Waals surface area contributed by atoms with Crippen molar-refractivity contribution in [3.8, 4) is 0 Å². The molecule has 0 aromatic heterocycles. The van der Waals surface area contributed by atoms with Gasteiger partial charge in [0.2, 0.25) is 35.4 Å². The molecule has 1 fully saturated rings. The molecule has 16 nitrogen and oxygen atoms in total. The number of primary amides is 1. The molecule has 1 aliphatic rings. The van der Waals surface area contributed by atoms with Gasteiger partial charge in [-0.1, -0.05) is 0 Å². The number of carboxylic acids is 1. The molecular weight excluding hydrogens is 550 g/mol. The first-order valence-electron chi connectivity index (χ1n) is 12.7. The van der Waals surface area contributed by atoms with Gasteiger partial charge in [0.25, 0.3) is 0 Å². The van der Waals surface area contributed by atoms with Crippen molar-refractivity contribution in [1.29, 1.82) is 0 Å². The van der Waals surface area contributed by atoms with Gasteiger partial charge in [0.05, 0.1) is 13.2 Å². The van der Waals surface area contributed by atoms with Crippen molar-refractivity contribution < 1.29 is 43.8 Å². The average molecular weight is 590 g/mol. The van der Waals surface area contributed by atoms with Gasteiger partial charge in [-0.05, 0) is 44.6 Å². The Hall–Kier alpha value is -3.44. The smallest absolute Gasteiger partial charge is 0.328 e. The van der Waals surface area contributed by atoms with Gasteiger partial charge in [0, 0.05) is 13.0 Å². The van der Waals surface area contributed by atoms with Crippen LogP contribution in [0.15, 0.2) is 0 Å². The number of hydrogen-bond acceptors (Lipinski definition) is 10. The van der Waals surface area contributed by atoms with Gasteiger partial charge in [-0.15, -0.1) is 0 Å². The van der Waals surface area contributed by atoms with Crippen molar-refractivity contribution in [1.82, 2.24) is 26.2 Å². The summed E-state index contributed by atoms with van der Waals surface area (Å²) >= 11 is 1.38. The fourth-order valence-corrected chi connectivity index (χ4v) is 4.39. The first-order chi connectivity index (χ1) is 18.9. The standard InChI is InChI=1S/C23H39N7O9S/c1-12(19(34)27-14(7-9-40-2)21(36)29-15(11-31)23(38)39)26-20(35)13(5-6-17(25)32)28-22(37)16-4-3-8-30(16)18(33)10-24/h12-16,31H,3-11,24H2,1-2H3,(H2,25,32)(H,26,35)(H,27,34)(H,28,37)(H,29,36)(H,38,39)/t12-,13-,14-,15-,16-/m0/s1. The van der Waals surface area contributed by atoms with E-state index < -0.39 is 78.2 Å². The van der Waals surface area contributed by atoms with Crippen molar-refractivity contribution >= 4 is 53.2 Å². The van der Waals surface area contributed by atoms with E-state index in [0.29, 0.717) is 25.1 Å². The van der Waals surface area contributed by atoms with Crippen LogP contribution in [0.4, 0.5) is 0 Å². The number of thioether (sulfide) groups is 1. The highest BCUT2D eigenvalue weighted by molar-refractivity contribution is 7.98. The second-order valence-corrected chi connectivity index (χ2v) is 10.2. The molecule has 0 spiro atoms. The highest BCUT2D eigenvalue weighted by atomic mass is 32.2. The molecule has 5 atom stereocenters. The van der Waals surface area contributed by atoms with E-state index in [2.05, 4.69) is 21.3 Å². The molecule has 1 aliphatic heterocycles. The quantitative estimate of drug-likeness (QED) is 0.0810. The lowest BCUT2D eigenvalue weighted by Crippen LogP contribution is -2.58. The molecule has 0 radical (unpaired) electrons. The monoisotopic (exact) mass is 589 g/mol. The van der Waals surface area contributed by atoms with E-state index in [1.54, 1.807) is 6.26 Å². The SMILES string of the molecule is CSCC[C@H](NC(=O)[C@H](C)NC(=O)[C@H](CCC(N)=O)NC(=O)[C@@H]1CCCN1C(=O)CN)C(=O)N[C@@H](CO)C(=O)O. The summed E-state index contributed by atoms with van der Waals surface area (Å²) in [6.45, 7) is 0.527. The Morgan fingerprint density at radius 1 is 0.950 bits per heavy atom. The molecule has 17 heteroatoms. The van der Waals surface area contributed by atoms with Crippen molar-refractivity contribution in [2.75, 3.05) is 31.7 Å². The predicted molar refractivity (Wildman–Crippen MR) is 143 cm³/mol. The maximum absolute atomic E-state index is 13.0. The molecule has 0 aliphatic carbocycles. The molecule has 1 heterocycles. The van der Waals surface area contributed by atoms with Crippen LogP contribution < -0.4 is 32.7 Å². The third kappa shape index (κ3) is 11.0. The predicted octanol–water partition coefficient (Wildman–Crippen LogP) is -4.01. The average Bonchev–Trinajstić information content (AvgIpc) is 3.40. The van der Waals surface area contributed by atoms with E-state index >= 15 is 0 Å². The van der Waals surface area contributed by atoms with Crippen LogP contribution >= 0.6 is 11.8 Å². The largest absolute Gasteiger partial charge is 0.480 e. The van der Waals surface area contributed by atoms with Gasteiger partial charge < -0.3 is 47.8 Å².